The lowest BCUT2D eigenvalue weighted by atomic mass is 10.3. The second-order valence-corrected chi connectivity index (χ2v) is 5.11. The molecule has 2 rings (SSSR count). The Labute approximate surface area is 120 Å². The van der Waals surface area contributed by atoms with Gasteiger partial charge in [-0.15, -0.1) is 11.8 Å². The third kappa shape index (κ3) is 3.64. The topological polar surface area (TPSA) is 79.5 Å². The Morgan fingerprint density at radius 1 is 1.25 bits per heavy atom. The molecule has 0 unspecified atom stereocenters. The lowest BCUT2D eigenvalue weighted by Crippen LogP contribution is -2.05. The lowest BCUT2D eigenvalue weighted by Gasteiger charge is -2.04. The van der Waals surface area contributed by atoms with Gasteiger partial charge in [-0.25, -0.2) is 4.79 Å². The van der Waals surface area contributed by atoms with E-state index in [0.717, 1.165) is 10.6 Å². The zero-order chi connectivity index (χ0) is 14.5. The van der Waals surface area contributed by atoms with Crippen LogP contribution in [0.2, 0.25) is 0 Å². The highest BCUT2D eigenvalue weighted by Crippen LogP contribution is 2.26. The maximum atomic E-state index is 10.9. The number of benzene rings is 1. The Kier molecular flexibility index (Phi) is 4.47. The van der Waals surface area contributed by atoms with Crippen LogP contribution in [0.3, 0.4) is 0 Å². The molecule has 0 aliphatic heterocycles. The molecule has 0 fully saturated rings. The largest absolute Gasteiger partial charge is 0.478 e. The van der Waals surface area contributed by atoms with Crippen molar-refractivity contribution in [3.8, 4) is 0 Å². The van der Waals surface area contributed by atoms with Crippen molar-refractivity contribution in [2.75, 3.05) is 5.32 Å². The van der Waals surface area contributed by atoms with Crippen LogP contribution in [0.4, 0.5) is 5.69 Å². The number of amides is 1. The fourth-order valence-electron chi connectivity index (χ4n) is 1.63. The van der Waals surface area contributed by atoms with Crippen molar-refractivity contribution < 1.29 is 19.1 Å². The van der Waals surface area contributed by atoms with E-state index in [1.807, 2.05) is 12.1 Å². The first-order chi connectivity index (χ1) is 9.56. The molecule has 0 radical (unpaired) electrons. The summed E-state index contributed by atoms with van der Waals surface area (Å²) in [5.41, 5.74) is 0.915. The number of hydrogen-bond acceptors (Lipinski definition) is 4. The van der Waals surface area contributed by atoms with Gasteiger partial charge in [0.1, 0.15) is 11.3 Å². The van der Waals surface area contributed by atoms with Gasteiger partial charge in [-0.05, 0) is 30.3 Å². The van der Waals surface area contributed by atoms with Crippen molar-refractivity contribution in [1.82, 2.24) is 0 Å². The van der Waals surface area contributed by atoms with E-state index in [0.29, 0.717) is 11.5 Å². The third-order valence-corrected chi connectivity index (χ3v) is 3.53. The van der Waals surface area contributed by atoms with E-state index in [2.05, 4.69) is 5.32 Å². The average Bonchev–Trinajstić information content (AvgIpc) is 2.86. The van der Waals surface area contributed by atoms with E-state index in [4.69, 9.17) is 9.52 Å². The molecule has 1 aromatic heterocycles. The molecule has 1 amide bonds. The summed E-state index contributed by atoms with van der Waals surface area (Å²) in [7, 11) is 0. The van der Waals surface area contributed by atoms with Gasteiger partial charge in [0.2, 0.25) is 5.91 Å². The third-order valence-electron chi connectivity index (χ3n) is 2.52. The van der Waals surface area contributed by atoms with E-state index in [9.17, 15) is 9.59 Å². The standard InChI is InChI=1S/C14H13NO4S/c1-9(16)15-10-2-4-11(5-3-10)20-8-13-12(14(17)18)6-7-19-13/h2-7H,8H2,1H3,(H,15,16)(H,17,18). The Morgan fingerprint density at radius 3 is 2.55 bits per heavy atom. The second-order valence-electron chi connectivity index (χ2n) is 4.06. The van der Waals surface area contributed by atoms with Crippen LogP contribution in [-0.2, 0) is 10.5 Å². The van der Waals surface area contributed by atoms with E-state index in [1.54, 1.807) is 12.1 Å². The van der Waals surface area contributed by atoms with Crippen LogP contribution in [0.15, 0.2) is 45.9 Å². The Morgan fingerprint density at radius 2 is 1.95 bits per heavy atom. The molecule has 2 N–H and O–H groups in total. The Balaban J connectivity index is 1.98. The molecule has 20 heavy (non-hydrogen) atoms. The first-order valence-corrected chi connectivity index (χ1v) is 6.85. The molecule has 6 heteroatoms. The normalized spacial score (nSPS) is 10.2. The minimum Gasteiger partial charge on any atom is -0.478 e. The van der Waals surface area contributed by atoms with Crippen LogP contribution < -0.4 is 5.32 Å². The number of furan rings is 1. The number of hydrogen-bond donors (Lipinski definition) is 2. The van der Waals surface area contributed by atoms with E-state index in [-0.39, 0.29) is 11.5 Å². The van der Waals surface area contributed by atoms with Crippen LogP contribution in [0.5, 0.6) is 0 Å². The van der Waals surface area contributed by atoms with Crippen molar-refractivity contribution >= 4 is 29.3 Å². The van der Waals surface area contributed by atoms with Gasteiger partial charge in [0.15, 0.2) is 0 Å². The molecule has 0 saturated heterocycles. The van der Waals surface area contributed by atoms with Gasteiger partial charge in [0, 0.05) is 17.5 Å². The summed E-state index contributed by atoms with van der Waals surface area (Å²) in [5, 5.41) is 11.6. The predicted molar refractivity (Wildman–Crippen MR) is 76.0 cm³/mol. The molecular weight excluding hydrogens is 278 g/mol. The van der Waals surface area contributed by atoms with Crippen LogP contribution in [0.1, 0.15) is 23.0 Å². The zero-order valence-corrected chi connectivity index (χ0v) is 11.6. The van der Waals surface area contributed by atoms with Crippen LogP contribution in [-0.4, -0.2) is 17.0 Å². The number of carbonyl (C=O) groups excluding carboxylic acids is 1. The summed E-state index contributed by atoms with van der Waals surface area (Å²) in [6.45, 7) is 1.45. The molecule has 0 spiro atoms. The maximum absolute atomic E-state index is 10.9. The number of nitrogens with one attached hydrogen (secondary N) is 1. The van der Waals surface area contributed by atoms with E-state index < -0.39 is 5.97 Å². The molecule has 0 aliphatic rings. The van der Waals surface area contributed by atoms with Crippen molar-refractivity contribution in [2.45, 2.75) is 17.6 Å². The van der Waals surface area contributed by atoms with E-state index >= 15 is 0 Å². The Bertz CT molecular complexity index is 618. The zero-order valence-electron chi connectivity index (χ0n) is 10.8. The number of carboxylic acid groups (broad SMARTS) is 1. The fourth-order valence-corrected chi connectivity index (χ4v) is 2.48. The van der Waals surface area contributed by atoms with Gasteiger partial charge in [0.05, 0.1) is 12.0 Å². The number of carbonyl (C=O) groups is 2. The number of rotatable bonds is 5. The van der Waals surface area contributed by atoms with Gasteiger partial charge < -0.3 is 14.8 Å². The summed E-state index contributed by atoms with van der Waals surface area (Å²) in [5.74, 6) is -0.232. The van der Waals surface area contributed by atoms with Crippen LogP contribution in [0.25, 0.3) is 0 Å². The molecular formula is C14H13NO4S. The smallest absolute Gasteiger partial charge is 0.339 e. The van der Waals surface area contributed by atoms with Gasteiger partial charge in [-0.2, -0.15) is 0 Å². The summed E-state index contributed by atoms with van der Waals surface area (Å²) >= 11 is 1.47. The average molecular weight is 291 g/mol. The van der Waals surface area contributed by atoms with Crippen LogP contribution in [0, 0.1) is 0 Å². The molecule has 2 aromatic rings. The molecule has 0 saturated carbocycles. The number of carboxylic acids is 1. The fraction of sp³-hybridized carbons (Fsp3) is 0.143. The molecule has 104 valence electrons. The van der Waals surface area contributed by atoms with Crippen molar-refractivity contribution in [2.24, 2.45) is 0 Å². The highest BCUT2D eigenvalue weighted by Gasteiger charge is 2.13. The SMILES string of the molecule is CC(=O)Nc1ccc(SCc2occc2C(=O)O)cc1. The molecule has 0 bridgehead atoms. The maximum Gasteiger partial charge on any atom is 0.339 e. The number of aromatic carboxylic acids is 1. The van der Waals surface area contributed by atoms with Crippen molar-refractivity contribution in [3.05, 3.63) is 47.9 Å². The van der Waals surface area contributed by atoms with E-state index in [1.165, 1.54) is 31.0 Å². The molecule has 1 aromatic carbocycles. The summed E-state index contributed by atoms with van der Waals surface area (Å²) < 4.78 is 5.17. The first kappa shape index (κ1) is 14.2. The highest BCUT2D eigenvalue weighted by atomic mass is 32.2. The minimum absolute atomic E-state index is 0.118. The molecule has 0 atom stereocenters. The van der Waals surface area contributed by atoms with Crippen molar-refractivity contribution in [3.63, 3.8) is 0 Å². The molecule has 0 aliphatic carbocycles. The second kappa shape index (κ2) is 6.29. The van der Waals surface area contributed by atoms with Crippen LogP contribution >= 0.6 is 11.8 Å². The van der Waals surface area contributed by atoms with Crippen molar-refractivity contribution in [1.29, 1.82) is 0 Å². The summed E-state index contributed by atoms with van der Waals surface area (Å²) in [6.07, 6.45) is 1.37. The predicted octanol–water partition coefficient (Wildman–Crippen LogP) is 3.23. The van der Waals surface area contributed by atoms with Gasteiger partial charge in [-0.1, -0.05) is 0 Å². The lowest BCUT2D eigenvalue weighted by molar-refractivity contribution is -0.114. The van der Waals surface area contributed by atoms with Gasteiger partial charge >= 0.3 is 5.97 Å². The van der Waals surface area contributed by atoms with Gasteiger partial charge in [-0.3, -0.25) is 4.79 Å². The highest BCUT2D eigenvalue weighted by molar-refractivity contribution is 7.98. The summed E-state index contributed by atoms with van der Waals surface area (Å²) in [4.78, 5) is 22.8. The minimum atomic E-state index is -0.990. The number of anilines is 1. The Hall–Kier alpha value is -2.21. The number of thioether (sulfide) groups is 1. The molecule has 5 nitrogen and oxygen atoms in total. The first-order valence-electron chi connectivity index (χ1n) is 5.86. The monoisotopic (exact) mass is 291 g/mol. The molecule has 1 heterocycles. The quantitative estimate of drug-likeness (QED) is 0.827. The van der Waals surface area contributed by atoms with Gasteiger partial charge in [0.25, 0.3) is 0 Å². The summed E-state index contributed by atoms with van der Waals surface area (Å²) in [6, 6.07) is 8.75.